The summed E-state index contributed by atoms with van der Waals surface area (Å²) in [5.41, 5.74) is 1.90. The number of methoxy groups -OCH3 is 1. The topological polar surface area (TPSA) is 72.5 Å². The summed E-state index contributed by atoms with van der Waals surface area (Å²) in [6.07, 6.45) is 0.662. The average molecular weight is 313 g/mol. The number of hydrogen-bond acceptors (Lipinski definition) is 4. The van der Waals surface area contributed by atoms with Crippen LogP contribution in [0.5, 0.6) is 0 Å². The van der Waals surface area contributed by atoms with Gasteiger partial charge in [0.05, 0.1) is 12.0 Å². The van der Waals surface area contributed by atoms with Gasteiger partial charge >= 0.3 is 5.97 Å². The molecule has 1 aromatic carbocycles. The molecule has 0 bridgehead atoms. The third-order valence-electron chi connectivity index (χ3n) is 3.74. The minimum Gasteiger partial charge on any atom is -0.468 e. The molecule has 0 saturated carbocycles. The van der Waals surface area contributed by atoms with Crippen molar-refractivity contribution in [1.29, 1.82) is 0 Å². The van der Waals surface area contributed by atoms with Crippen molar-refractivity contribution in [3.05, 3.63) is 29.3 Å². The molecule has 0 aromatic heterocycles. The van der Waals surface area contributed by atoms with Gasteiger partial charge in [0, 0.05) is 0 Å². The molecule has 0 aliphatic heterocycles. The number of rotatable bonds is 6. The highest BCUT2D eigenvalue weighted by molar-refractivity contribution is 7.89. The van der Waals surface area contributed by atoms with Gasteiger partial charge in [-0.25, -0.2) is 8.42 Å². The van der Waals surface area contributed by atoms with Crippen LogP contribution in [-0.4, -0.2) is 27.5 Å². The van der Waals surface area contributed by atoms with Gasteiger partial charge in [-0.2, -0.15) is 4.72 Å². The Balaban J connectivity index is 3.11. The van der Waals surface area contributed by atoms with Gasteiger partial charge in [-0.3, -0.25) is 4.79 Å². The standard InChI is InChI=1S/C15H23NO4S/c1-6-10(2)14(15(17)20-5)16-21(18,19)13-8-7-11(3)12(4)9-13/h7-10,14,16H,6H2,1-5H3/t10-,14-/m0/s1. The van der Waals surface area contributed by atoms with Crippen molar-refractivity contribution in [1.82, 2.24) is 4.72 Å². The highest BCUT2D eigenvalue weighted by Gasteiger charge is 2.30. The van der Waals surface area contributed by atoms with Gasteiger partial charge in [-0.05, 0) is 43.0 Å². The Kier molecular flexibility index (Phi) is 5.92. The van der Waals surface area contributed by atoms with Crippen LogP contribution in [0.1, 0.15) is 31.4 Å². The lowest BCUT2D eigenvalue weighted by Gasteiger charge is -2.22. The first-order valence-corrected chi connectivity index (χ1v) is 8.38. The summed E-state index contributed by atoms with van der Waals surface area (Å²) in [6, 6.07) is 4.00. The summed E-state index contributed by atoms with van der Waals surface area (Å²) >= 11 is 0. The summed E-state index contributed by atoms with van der Waals surface area (Å²) in [5, 5.41) is 0. The van der Waals surface area contributed by atoms with Gasteiger partial charge in [0.25, 0.3) is 0 Å². The Bertz CT molecular complexity index is 610. The van der Waals surface area contributed by atoms with E-state index in [-0.39, 0.29) is 10.8 Å². The Morgan fingerprint density at radius 2 is 1.90 bits per heavy atom. The van der Waals surface area contributed by atoms with E-state index in [0.717, 1.165) is 11.1 Å². The molecular formula is C15H23NO4S. The van der Waals surface area contributed by atoms with E-state index in [1.165, 1.54) is 13.2 Å². The smallest absolute Gasteiger partial charge is 0.324 e. The van der Waals surface area contributed by atoms with Crippen molar-refractivity contribution < 1.29 is 17.9 Å². The molecule has 0 fully saturated rings. The number of carbonyl (C=O) groups is 1. The van der Waals surface area contributed by atoms with E-state index in [2.05, 4.69) is 4.72 Å². The van der Waals surface area contributed by atoms with E-state index >= 15 is 0 Å². The maximum absolute atomic E-state index is 12.4. The average Bonchev–Trinajstić information content (AvgIpc) is 2.45. The molecule has 118 valence electrons. The summed E-state index contributed by atoms with van der Waals surface area (Å²) < 4.78 is 32.0. The predicted octanol–water partition coefficient (Wildman–Crippen LogP) is 2.17. The zero-order valence-corrected chi connectivity index (χ0v) is 14.0. The van der Waals surface area contributed by atoms with Crippen molar-refractivity contribution >= 4 is 16.0 Å². The van der Waals surface area contributed by atoms with Crippen LogP contribution in [0.2, 0.25) is 0 Å². The third kappa shape index (κ3) is 4.28. The fraction of sp³-hybridized carbons (Fsp3) is 0.533. The lowest BCUT2D eigenvalue weighted by atomic mass is 10.0. The van der Waals surface area contributed by atoms with Gasteiger partial charge in [0.15, 0.2) is 0 Å². The molecule has 0 aliphatic rings. The lowest BCUT2D eigenvalue weighted by molar-refractivity contribution is -0.143. The number of benzene rings is 1. The van der Waals surface area contributed by atoms with Gasteiger partial charge in [0.1, 0.15) is 6.04 Å². The summed E-state index contributed by atoms with van der Waals surface area (Å²) in [4.78, 5) is 11.9. The molecule has 0 spiro atoms. The maximum atomic E-state index is 12.4. The van der Waals surface area contributed by atoms with E-state index in [4.69, 9.17) is 4.74 Å². The van der Waals surface area contributed by atoms with Crippen molar-refractivity contribution in [2.24, 2.45) is 5.92 Å². The SMILES string of the molecule is CC[C@H](C)[C@H](NS(=O)(=O)c1ccc(C)c(C)c1)C(=O)OC. The van der Waals surface area contributed by atoms with Crippen LogP contribution in [-0.2, 0) is 19.6 Å². The minimum absolute atomic E-state index is 0.154. The molecular weight excluding hydrogens is 290 g/mol. The Morgan fingerprint density at radius 3 is 2.38 bits per heavy atom. The zero-order valence-electron chi connectivity index (χ0n) is 13.1. The molecule has 1 aromatic rings. The van der Waals surface area contributed by atoms with E-state index in [1.54, 1.807) is 12.1 Å². The zero-order chi connectivity index (χ0) is 16.2. The molecule has 0 saturated heterocycles. The maximum Gasteiger partial charge on any atom is 0.324 e. The number of aryl methyl sites for hydroxylation is 2. The fourth-order valence-electron chi connectivity index (χ4n) is 1.88. The number of esters is 1. The molecule has 0 radical (unpaired) electrons. The third-order valence-corrected chi connectivity index (χ3v) is 5.18. The molecule has 1 N–H and O–H groups in total. The van der Waals surface area contributed by atoms with Crippen molar-refractivity contribution in [3.8, 4) is 0 Å². The number of carbonyl (C=O) groups excluding carboxylic acids is 1. The van der Waals surface area contributed by atoms with E-state index in [0.29, 0.717) is 6.42 Å². The van der Waals surface area contributed by atoms with Gasteiger partial charge in [-0.15, -0.1) is 0 Å². The molecule has 21 heavy (non-hydrogen) atoms. The van der Waals surface area contributed by atoms with Gasteiger partial charge in [0.2, 0.25) is 10.0 Å². The number of nitrogens with one attached hydrogen (secondary N) is 1. The van der Waals surface area contributed by atoms with E-state index in [9.17, 15) is 13.2 Å². The van der Waals surface area contributed by atoms with Crippen LogP contribution < -0.4 is 4.72 Å². The Labute approximate surface area is 126 Å². The largest absolute Gasteiger partial charge is 0.468 e. The molecule has 0 unspecified atom stereocenters. The van der Waals surface area contributed by atoms with Crippen molar-refractivity contribution in [2.45, 2.75) is 45.1 Å². The Hall–Kier alpha value is -1.40. The Morgan fingerprint density at radius 1 is 1.29 bits per heavy atom. The lowest BCUT2D eigenvalue weighted by Crippen LogP contribution is -2.45. The predicted molar refractivity (Wildman–Crippen MR) is 81.5 cm³/mol. The molecule has 6 heteroatoms. The quantitative estimate of drug-likeness (QED) is 0.817. The van der Waals surface area contributed by atoms with Crippen LogP contribution in [0.4, 0.5) is 0 Å². The van der Waals surface area contributed by atoms with Crippen molar-refractivity contribution in [3.63, 3.8) is 0 Å². The fourth-order valence-corrected chi connectivity index (χ4v) is 3.25. The normalized spacial score (nSPS) is 14.5. The first-order valence-electron chi connectivity index (χ1n) is 6.90. The first kappa shape index (κ1) is 17.7. The van der Waals surface area contributed by atoms with Crippen LogP contribution in [0.15, 0.2) is 23.1 Å². The summed E-state index contributed by atoms with van der Waals surface area (Å²) in [5.74, 6) is -0.726. The van der Waals surface area contributed by atoms with Crippen LogP contribution in [0.25, 0.3) is 0 Å². The molecule has 0 amide bonds. The monoisotopic (exact) mass is 313 g/mol. The second-order valence-electron chi connectivity index (χ2n) is 5.25. The first-order chi connectivity index (χ1) is 9.72. The van der Waals surface area contributed by atoms with Gasteiger partial charge in [-0.1, -0.05) is 26.3 Å². The highest BCUT2D eigenvalue weighted by atomic mass is 32.2. The van der Waals surface area contributed by atoms with Gasteiger partial charge < -0.3 is 4.74 Å². The minimum atomic E-state index is -3.76. The molecule has 1 rings (SSSR count). The second kappa shape index (κ2) is 7.04. The number of hydrogen-bond donors (Lipinski definition) is 1. The second-order valence-corrected chi connectivity index (χ2v) is 6.97. The van der Waals surface area contributed by atoms with Crippen LogP contribution in [0.3, 0.4) is 0 Å². The van der Waals surface area contributed by atoms with E-state index < -0.39 is 22.0 Å². The molecule has 0 aliphatic carbocycles. The highest BCUT2D eigenvalue weighted by Crippen LogP contribution is 2.17. The van der Waals surface area contributed by atoms with Crippen LogP contribution in [0, 0.1) is 19.8 Å². The molecule has 0 heterocycles. The molecule has 2 atom stereocenters. The summed E-state index contributed by atoms with van der Waals surface area (Å²) in [6.45, 7) is 7.46. The molecule has 5 nitrogen and oxygen atoms in total. The van der Waals surface area contributed by atoms with Crippen LogP contribution >= 0.6 is 0 Å². The van der Waals surface area contributed by atoms with E-state index in [1.807, 2.05) is 27.7 Å². The van der Waals surface area contributed by atoms with Crippen molar-refractivity contribution in [2.75, 3.05) is 7.11 Å². The number of sulfonamides is 1. The number of ether oxygens (including phenoxy) is 1. The summed E-state index contributed by atoms with van der Waals surface area (Å²) in [7, 11) is -2.51.